The Morgan fingerprint density at radius 1 is 1.32 bits per heavy atom. The van der Waals surface area contributed by atoms with Gasteiger partial charge in [0.05, 0.1) is 4.92 Å². The van der Waals surface area contributed by atoms with Crippen molar-refractivity contribution in [3.05, 3.63) is 20.5 Å². The Morgan fingerprint density at radius 3 is 2.63 bits per heavy atom. The predicted octanol–water partition coefficient (Wildman–Crippen LogP) is 0.191. The minimum atomic E-state index is -0.858. The average molecular weight is 270 g/mol. The van der Waals surface area contributed by atoms with E-state index in [0.717, 1.165) is 25.7 Å². The lowest BCUT2D eigenvalue weighted by atomic mass is 10.2. The Bertz CT molecular complexity index is 487. The van der Waals surface area contributed by atoms with Crippen LogP contribution in [0.2, 0.25) is 0 Å². The number of nitrogens with two attached hydrogens (primary N) is 2. The molecule has 0 amide bonds. The molecule has 0 radical (unpaired) electrons. The van der Waals surface area contributed by atoms with E-state index in [0.29, 0.717) is 13.1 Å². The van der Waals surface area contributed by atoms with Crippen molar-refractivity contribution in [1.29, 1.82) is 0 Å². The molecule has 1 aromatic heterocycles. The first-order chi connectivity index (χ1) is 9.06. The second kappa shape index (κ2) is 7.31. The summed E-state index contributed by atoms with van der Waals surface area (Å²) >= 11 is 0. The van der Waals surface area contributed by atoms with Gasteiger partial charge >= 0.3 is 11.2 Å². The van der Waals surface area contributed by atoms with Gasteiger partial charge in [-0.3, -0.25) is 19.9 Å². The van der Waals surface area contributed by atoms with Crippen molar-refractivity contribution in [2.75, 3.05) is 24.1 Å². The van der Waals surface area contributed by atoms with E-state index >= 15 is 0 Å². The van der Waals surface area contributed by atoms with Crippen LogP contribution in [0.3, 0.4) is 0 Å². The van der Waals surface area contributed by atoms with Crippen molar-refractivity contribution in [3.63, 3.8) is 0 Å². The molecule has 9 heteroatoms. The van der Waals surface area contributed by atoms with Gasteiger partial charge < -0.3 is 16.8 Å². The highest BCUT2D eigenvalue weighted by Crippen LogP contribution is 2.16. The molecule has 0 aromatic carbocycles. The van der Waals surface area contributed by atoms with Crippen LogP contribution in [0, 0.1) is 10.1 Å². The lowest BCUT2D eigenvalue weighted by Crippen LogP contribution is -2.19. The zero-order chi connectivity index (χ0) is 14.3. The van der Waals surface area contributed by atoms with Gasteiger partial charge in [-0.25, -0.2) is 0 Å². The van der Waals surface area contributed by atoms with Crippen LogP contribution in [0.15, 0.2) is 4.79 Å². The molecule has 0 atom stereocenters. The predicted molar refractivity (Wildman–Crippen MR) is 71.9 cm³/mol. The fourth-order valence-electron chi connectivity index (χ4n) is 1.61. The van der Waals surface area contributed by atoms with Crippen LogP contribution < -0.4 is 22.3 Å². The summed E-state index contributed by atoms with van der Waals surface area (Å²) < 4.78 is 0. The SMILES string of the molecule is NCCCCCCNc1nc(N)[nH]c(=O)c1[N+](=O)[O-]. The normalized spacial score (nSPS) is 10.4. The highest BCUT2D eigenvalue weighted by Gasteiger charge is 2.21. The van der Waals surface area contributed by atoms with Gasteiger partial charge in [-0.05, 0) is 19.4 Å². The largest absolute Gasteiger partial charge is 0.375 e. The van der Waals surface area contributed by atoms with E-state index in [1.807, 2.05) is 0 Å². The minimum Gasteiger partial charge on any atom is -0.369 e. The first-order valence-electron chi connectivity index (χ1n) is 6.04. The molecule has 0 fully saturated rings. The maximum atomic E-state index is 11.4. The molecule has 0 aliphatic carbocycles. The fourth-order valence-corrected chi connectivity index (χ4v) is 1.61. The smallest absolute Gasteiger partial charge is 0.369 e. The summed E-state index contributed by atoms with van der Waals surface area (Å²) in [6.45, 7) is 1.15. The van der Waals surface area contributed by atoms with Gasteiger partial charge in [0, 0.05) is 6.54 Å². The maximum Gasteiger partial charge on any atom is 0.375 e. The Balaban J connectivity index is 2.62. The van der Waals surface area contributed by atoms with Crippen molar-refractivity contribution in [3.8, 4) is 0 Å². The Kier molecular flexibility index (Phi) is 5.73. The van der Waals surface area contributed by atoms with Crippen molar-refractivity contribution in [1.82, 2.24) is 9.97 Å². The lowest BCUT2D eigenvalue weighted by Gasteiger charge is -2.06. The average Bonchev–Trinajstić information content (AvgIpc) is 2.32. The van der Waals surface area contributed by atoms with Crippen molar-refractivity contribution >= 4 is 17.5 Å². The van der Waals surface area contributed by atoms with E-state index in [1.165, 1.54) is 0 Å². The number of nitrogens with zero attached hydrogens (tertiary/aromatic N) is 2. The highest BCUT2D eigenvalue weighted by molar-refractivity contribution is 5.56. The first kappa shape index (κ1) is 14.9. The van der Waals surface area contributed by atoms with Gasteiger partial charge in [0.25, 0.3) is 0 Å². The number of rotatable bonds is 8. The number of nitrogens with one attached hydrogen (secondary N) is 2. The standard InChI is InChI=1S/C10H18N6O3/c11-5-3-1-2-4-6-13-8-7(16(18)19)9(17)15-10(12)14-8/h1-6,11H2,(H4,12,13,14,15,17). The zero-order valence-corrected chi connectivity index (χ0v) is 10.5. The maximum absolute atomic E-state index is 11.4. The molecule has 106 valence electrons. The molecule has 1 heterocycles. The third-order valence-electron chi connectivity index (χ3n) is 2.52. The summed E-state index contributed by atoms with van der Waals surface area (Å²) in [6.07, 6.45) is 3.73. The number of aromatic amines is 1. The van der Waals surface area contributed by atoms with E-state index in [2.05, 4.69) is 15.3 Å². The second-order valence-corrected chi connectivity index (χ2v) is 4.04. The molecule has 1 rings (SSSR count). The summed E-state index contributed by atoms with van der Waals surface area (Å²) in [5, 5.41) is 13.5. The number of unbranched alkanes of at least 4 members (excludes halogenated alkanes) is 3. The van der Waals surface area contributed by atoms with E-state index in [4.69, 9.17) is 11.5 Å². The summed E-state index contributed by atoms with van der Waals surface area (Å²) in [6, 6.07) is 0. The van der Waals surface area contributed by atoms with Crippen LogP contribution in [-0.4, -0.2) is 28.0 Å². The van der Waals surface area contributed by atoms with Crippen LogP contribution in [0.4, 0.5) is 17.5 Å². The van der Waals surface area contributed by atoms with Crippen LogP contribution >= 0.6 is 0 Å². The molecular formula is C10H18N6O3. The van der Waals surface area contributed by atoms with Gasteiger partial charge in [0.15, 0.2) is 0 Å². The number of hydrogen-bond donors (Lipinski definition) is 4. The summed E-state index contributed by atoms with van der Waals surface area (Å²) in [5.74, 6) is -0.244. The van der Waals surface area contributed by atoms with Crippen LogP contribution in [-0.2, 0) is 0 Å². The molecule has 1 aromatic rings. The molecule has 0 spiro atoms. The van der Waals surface area contributed by atoms with E-state index in [-0.39, 0.29) is 11.8 Å². The molecular weight excluding hydrogens is 252 g/mol. The molecule has 19 heavy (non-hydrogen) atoms. The second-order valence-electron chi connectivity index (χ2n) is 4.04. The molecule has 0 aliphatic rings. The van der Waals surface area contributed by atoms with E-state index in [1.54, 1.807) is 0 Å². The van der Waals surface area contributed by atoms with E-state index in [9.17, 15) is 14.9 Å². The minimum absolute atomic E-state index is 0.0925. The third-order valence-corrected chi connectivity index (χ3v) is 2.52. The molecule has 0 saturated carbocycles. The van der Waals surface area contributed by atoms with Gasteiger partial charge in [0.2, 0.25) is 11.8 Å². The first-order valence-corrected chi connectivity index (χ1v) is 6.04. The Hall–Kier alpha value is -2.16. The topological polar surface area (TPSA) is 153 Å². The number of hydrogen-bond acceptors (Lipinski definition) is 7. The number of nitro groups is 1. The molecule has 0 unspecified atom stereocenters. The Morgan fingerprint density at radius 2 is 2.00 bits per heavy atom. The highest BCUT2D eigenvalue weighted by atomic mass is 16.6. The quantitative estimate of drug-likeness (QED) is 0.298. The lowest BCUT2D eigenvalue weighted by molar-refractivity contribution is -0.385. The number of nitrogen functional groups attached to an aromatic ring is 1. The number of anilines is 2. The van der Waals surface area contributed by atoms with Crippen molar-refractivity contribution in [2.45, 2.75) is 25.7 Å². The van der Waals surface area contributed by atoms with Gasteiger partial charge in [-0.2, -0.15) is 4.98 Å². The van der Waals surface area contributed by atoms with Crippen LogP contribution in [0.25, 0.3) is 0 Å². The molecule has 0 bridgehead atoms. The third kappa shape index (κ3) is 4.54. The molecule has 0 saturated heterocycles. The molecule has 0 aliphatic heterocycles. The monoisotopic (exact) mass is 270 g/mol. The number of H-pyrrole nitrogens is 1. The summed E-state index contributed by atoms with van der Waals surface area (Å²) in [5.41, 5.74) is 9.25. The summed E-state index contributed by atoms with van der Waals surface area (Å²) in [7, 11) is 0. The van der Waals surface area contributed by atoms with Crippen molar-refractivity contribution < 1.29 is 4.92 Å². The van der Waals surface area contributed by atoms with Crippen LogP contribution in [0.5, 0.6) is 0 Å². The van der Waals surface area contributed by atoms with Crippen molar-refractivity contribution in [2.24, 2.45) is 5.73 Å². The Labute approximate surface area is 109 Å². The van der Waals surface area contributed by atoms with Gasteiger partial charge in [-0.1, -0.05) is 12.8 Å². The van der Waals surface area contributed by atoms with Crippen LogP contribution in [0.1, 0.15) is 25.7 Å². The van der Waals surface area contributed by atoms with Gasteiger partial charge in [-0.15, -0.1) is 0 Å². The number of aromatic nitrogens is 2. The fraction of sp³-hybridized carbons (Fsp3) is 0.600. The zero-order valence-electron chi connectivity index (χ0n) is 10.5. The molecule has 6 N–H and O–H groups in total. The van der Waals surface area contributed by atoms with E-state index < -0.39 is 16.2 Å². The van der Waals surface area contributed by atoms with Gasteiger partial charge in [0.1, 0.15) is 0 Å². The summed E-state index contributed by atoms with van der Waals surface area (Å²) in [4.78, 5) is 27.2. The molecule has 9 nitrogen and oxygen atoms in total.